The number of nitrogens with one attached hydrogen (secondary N) is 1. The minimum Gasteiger partial charge on any atom is -0.357 e. The second-order valence-electron chi connectivity index (χ2n) is 7.01. The summed E-state index contributed by atoms with van der Waals surface area (Å²) in [5, 5.41) is 11.9. The van der Waals surface area contributed by atoms with Crippen molar-refractivity contribution in [2.75, 3.05) is 19.6 Å². The molecule has 1 fully saturated rings. The van der Waals surface area contributed by atoms with Crippen molar-refractivity contribution in [2.45, 2.75) is 26.3 Å². The van der Waals surface area contributed by atoms with Crippen LogP contribution in [-0.4, -0.2) is 45.1 Å². The fraction of sp³-hybridized carbons (Fsp3) is 0.381. The van der Waals surface area contributed by atoms with Crippen LogP contribution in [0.5, 0.6) is 0 Å². The zero-order chi connectivity index (χ0) is 18.5. The molecule has 3 heterocycles. The van der Waals surface area contributed by atoms with Crippen LogP contribution < -0.4 is 5.32 Å². The summed E-state index contributed by atoms with van der Waals surface area (Å²) in [6.07, 6.45) is 4.32. The summed E-state index contributed by atoms with van der Waals surface area (Å²) in [7, 11) is 0. The molecule has 1 unspecified atom stereocenters. The van der Waals surface area contributed by atoms with Crippen LogP contribution in [0.25, 0.3) is 5.65 Å². The maximum Gasteiger partial charge on any atom is 0.194 e. The summed E-state index contributed by atoms with van der Waals surface area (Å²) in [5.74, 6) is 2.51. The van der Waals surface area contributed by atoms with Gasteiger partial charge in [-0.15, -0.1) is 34.2 Å². The van der Waals surface area contributed by atoms with E-state index in [1.165, 1.54) is 12.0 Å². The lowest BCUT2D eigenvalue weighted by molar-refractivity contribution is 0.459. The van der Waals surface area contributed by atoms with Gasteiger partial charge in [0.25, 0.3) is 0 Å². The van der Waals surface area contributed by atoms with Crippen molar-refractivity contribution >= 4 is 35.6 Å². The quantitative estimate of drug-likeness (QED) is 0.339. The van der Waals surface area contributed by atoms with Crippen molar-refractivity contribution in [3.8, 4) is 0 Å². The van der Waals surface area contributed by atoms with Crippen molar-refractivity contribution in [1.82, 2.24) is 24.8 Å². The molecule has 28 heavy (non-hydrogen) atoms. The maximum atomic E-state index is 4.84. The van der Waals surface area contributed by atoms with Crippen molar-refractivity contribution in [3.05, 3.63) is 66.1 Å². The second-order valence-corrected chi connectivity index (χ2v) is 7.01. The Hall–Kier alpha value is -2.16. The Balaban J connectivity index is 0.00000225. The molecule has 0 radical (unpaired) electrons. The molecule has 1 saturated heterocycles. The Morgan fingerprint density at radius 2 is 1.96 bits per heavy atom. The molecular formula is C21H27IN6. The topological polar surface area (TPSA) is 57.8 Å². The number of halogens is 1. The number of hydrogen-bond acceptors (Lipinski definition) is 3. The summed E-state index contributed by atoms with van der Waals surface area (Å²) in [5.41, 5.74) is 2.28. The van der Waals surface area contributed by atoms with Gasteiger partial charge in [0.15, 0.2) is 17.4 Å². The van der Waals surface area contributed by atoms with Gasteiger partial charge in [0.2, 0.25) is 0 Å². The fourth-order valence-corrected chi connectivity index (χ4v) is 3.71. The van der Waals surface area contributed by atoms with Crippen LogP contribution in [0.15, 0.2) is 59.7 Å². The summed E-state index contributed by atoms with van der Waals surface area (Å²) in [4.78, 5) is 7.21. The average molecular weight is 490 g/mol. The van der Waals surface area contributed by atoms with Crippen LogP contribution in [0, 0.1) is 5.92 Å². The summed E-state index contributed by atoms with van der Waals surface area (Å²) >= 11 is 0. The highest BCUT2D eigenvalue weighted by molar-refractivity contribution is 14.0. The van der Waals surface area contributed by atoms with Gasteiger partial charge in [-0.2, -0.15) is 0 Å². The van der Waals surface area contributed by atoms with E-state index in [-0.39, 0.29) is 24.0 Å². The van der Waals surface area contributed by atoms with E-state index in [0.717, 1.165) is 43.5 Å². The first-order chi connectivity index (χ1) is 13.3. The number of fused-ring (bicyclic) bond motifs is 1. The lowest BCUT2D eigenvalue weighted by atomic mass is 9.99. The number of rotatable bonds is 5. The number of hydrogen-bond donors (Lipinski definition) is 1. The summed E-state index contributed by atoms with van der Waals surface area (Å²) < 4.78 is 2.00. The Morgan fingerprint density at radius 3 is 2.79 bits per heavy atom. The van der Waals surface area contributed by atoms with Gasteiger partial charge < -0.3 is 10.2 Å². The van der Waals surface area contributed by atoms with E-state index in [2.05, 4.69) is 57.7 Å². The van der Waals surface area contributed by atoms with Crippen molar-refractivity contribution in [2.24, 2.45) is 10.9 Å². The van der Waals surface area contributed by atoms with E-state index in [4.69, 9.17) is 4.99 Å². The third kappa shape index (κ3) is 4.81. The first-order valence-electron chi connectivity index (χ1n) is 9.69. The van der Waals surface area contributed by atoms with E-state index >= 15 is 0 Å². The van der Waals surface area contributed by atoms with Gasteiger partial charge >= 0.3 is 0 Å². The zero-order valence-electron chi connectivity index (χ0n) is 16.2. The van der Waals surface area contributed by atoms with Crippen molar-refractivity contribution < 1.29 is 0 Å². The highest BCUT2D eigenvalue weighted by atomic mass is 127. The highest BCUT2D eigenvalue weighted by Crippen LogP contribution is 2.21. The molecule has 7 heteroatoms. The van der Waals surface area contributed by atoms with Crippen LogP contribution in [-0.2, 0) is 13.0 Å². The summed E-state index contributed by atoms with van der Waals surface area (Å²) in [6.45, 7) is 5.58. The molecule has 0 aliphatic carbocycles. The van der Waals surface area contributed by atoms with E-state index < -0.39 is 0 Å². The van der Waals surface area contributed by atoms with Gasteiger partial charge in [-0.1, -0.05) is 36.4 Å². The molecule has 6 nitrogen and oxygen atoms in total. The molecule has 4 rings (SSSR count). The Morgan fingerprint density at radius 1 is 1.14 bits per heavy atom. The first-order valence-corrected chi connectivity index (χ1v) is 9.69. The fourth-order valence-electron chi connectivity index (χ4n) is 3.71. The van der Waals surface area contributed by atoms with Gasteiger partial charge in [0.1, 0.15) is 6.54 Å². The number of guanidine groups is 1. The Labute approximate surface area is 183 Å². The third-order valence-corrected chi connectivity index (χ3v) is 5.04. The third-order valence-electron chi connectivity index (χ3n) is 5.04. The van der Waals surface area contributed by atoms with Crippen LogP contribution in [0.4, 0.5) is 0 Å². The van der Waals surface area contributed by atoms with Crippen LogP contribution in [0.3, 0.4) is 0 Å². The number of benzene rings is 1. The van der Waals surface area contributed by atoms with Gasteiger partial charge in [-0.3, -0.25) is 4.40 Å². The van der Waals surface area contributed by atoms with Crippen LogP contribution in [0.2, 0.25) is 0 Å². The van der Waals surface area contributed by atoms with E-state index in [9.17, 15) is 0 Å². The van der Waals surface area contributed by atoms with Crippen LogP contribution >= 0.6 is 24.0 Å². The Kier molecular flexibility index (Phi) is 7.24. The molecule has 1 atom stereocenters. The molecule has 1 aliphatic heterocycles. The van der Waals surface area contributed by atoms with Crippen LogP contribution in [0.1, 0.15) is 24.7 Å². The standard InChI is InChI=1S/C21H26N6.HI/c1-2-22-21(23-15-20-25-24-19-10-6-7-12-27(19)20)26-13-11-18(16-26)14-17-8-4-3-5-9-17;/h3-10,12,18H,2,11,13-16H2,1H3,(H,22,23);1H. The van der Waals surface area contributed by atoms with Gasteiger partial charge in [0.05, 0.1) is 0 Å². The van der Waals surface area contributed by atoms with Crippen molar-refractivity contribution in [3.63, 3.8) is 0 Å². The Bertz CT molecular complexity index is 907. The smallest absolute Gasteiger partial charge is 0.194 e. The molecular weight excluding hydrogens is 463 g/mol. The van der Waals surface area contributed by atoms with Crippen molar-refractivity contribution in [1.29, 1.82) is 0 Å². The molecule has 1 N–H and O–H groups in total. The van der Waals surface area contributed by atoms with Gasteiger partial charge in [0, 0.05) is 25.8 Å². The summed E-state index contributed by atoms with van der Waals surface area (Å²) in [6, 6.07) is 16.7. The molecule has 3 aromatic rings. The predicted molar refractivity (Wildman–Crippen MR) is 123 cm³/mol. The predicted octanol–water partition coefficient (Wildman–Crippen LogP) is 3.38. The van der Waals surface area contributed by atoms with Gasteiger partial charge in [-0.25, -0.2) is 4.99 Å². The zero-order valence-corrected chi connectivity index (χ0v) is 18.5. The SMILES string of the molecule is CCNC(=NCc1nnc2ccccn12)N1CCC(Cc2ccccc2)C1.I. The van der Waals surface area contributed by atoms with Gasteiger partial charge in [-0.05, 0) is 43.4 Å². The molecule has 1 aliphatic rings. The monoisotopic (exact) mass is 490 g/mol. The van der Waals surface area contributed by atoms with E-state index in [1.54, 1.807) is 0 Å². The molecule has 0 amide bonds. The lowest BCUT2D eigenvalue weighted by Crippen LogP contribution is -2.40. The largest absolute Gasteiger partial charge is 0.357 e. The molecule has 0 bridgehead atoms. The molecule has 148 valence electrons. The average Bonchev–Trinajstić information content (AvgIpc) is 3.33. The number of pyridine rings is 1. The molecule has 0 spiro atoms. The number of likely N-dealkylation sites (tertiary alicyclic amines) is 1. The second kappa shape index (κ2) is 9.86. The molecule has 2 aromatic heterocycles. The van der Waals surface area contributed by atoms with E-state index in [0.29, 0.717) is 12.5 Å². The number of nitrogens with zero attached hydrogens (tertiary/aromatic N) is 5. The molecule has 1 aromatic carbocycles. The maximum absolute atomic E-state index is 4.84. The highest BCUT2D eigenvalue weighted by Gasteiger charge is 2.25. The number of aliphatic imine (C=N–C) groups is 1. The number of aromatic nitrogens is 3. The minimum atomic E-state index is 0. The normalized spacial score (nSPS) is 17.0. The molecule has 0 saturated carbocycles. The first kappa shape index (κ1) is 20.6. The van der Waals surface area contributed by atoms with E-state index in [1.807, 2.05) is 28.8 Å². The minimum absolute atomic E-state index is 0. The lowest BCUT2D eigenvalue weighted by Gasteiger charge is -2.21.